The molecular weight excluding hydrogens is 224 g/mol. The van der Waals surface area contributed by atoms with Gasteiger partial charge in [0.1, 0.15) is 4.58 Å². The van der Waals surface area contributed by atoms with Gasteiger partial charge < -0.3 is 0 Å². The number of hydrogen-bond acceptors (Lipinski definition) is 2. The molecule has 1 aromatic rings. The lowest BCUT2D eigenvalue weighted by atomic mass is 10.2. The first-order valence-electron chi connectivity index (χ1n) is 4.01. The first kappa shape index (κ1) is 9.56. The number of thioether (sulfide) groups is 1. The van der Waals surface area contributed by atoms with Crippen molar-refractivity contribution in [2.75, 3.05) is 11.5 Å². The highest BCUT2D eigenvalue weighted by Crippen LogP contribution is 2.37. The summed E-state index contributed by atoms with van der Waals surface area (Å²) in [6.45, 7) is 0. The van der Waals surface area contributed by atoms with Crippen LogP contribution in [0.3, 0.4) is 0 Å². The van der Waals surface area contributed by atoms with Gasteiger partial charge >= 0.3 is 0 Å². The zero-order valence-electron chi connectivity index (χ0n) is 6.90. The van der Waals surface area contributed by atoms with E-state index in [0.29, 0.717) is 0 Å². The molecule has 0 amide bonds. The summed E-state index contributed by atoms with van der Waals surface area (Å²) in [5.41, 5.74) is 1.13. The van der Waals surface area contributed by atoms with Crippen molar-refractivity contribution in [3.8, 4) is 0 Å². The molecule has 1 aliphatic rings. The van der Waals surface area contributed by atoms with Crippen LogP contribution in [0.4, 0.5) is 0 Å². The van der Waals surface area contributed by atoms with Crippen molar-refractivity contribution in [3.05, 3.63) is 34.9 Å². The number of hydrogen-bond donors (Lipinski definition) is 0. The minimum atomic E-state index is -0.698. The van der Waals surface area contributed by atoms with Crippen LogP contribution in [0, 0.1) is 0 Å². The van der Waals surface area contributed by atoms with E-state index in [4.69, 9.17) is 11.6 Å². The molecule has 1 heterocycles. The lowest BCUT2D eigenvalue weighted by Crippen LogP contribution is -1.97. The smallest absolute Gasteiger partial charge is 0.105 e. The molecule has 1 aromatic carbocycles. The average molecular weight is 233 g/mol. The minimum Gasteiger partial charge on any atom is -0.258 e. The normalized spacial score (nSPS) is 27.8. The lowest BCUT2D eigenvalue weighted by molar-refractivity contribution is 0.684. The van der Waals surface area contributed by atoms with Crippen LogP contribution in [0.15, 0.2) is 24.3 Å². The summed E-state index contributed by atoms with van der Waals surface area (Å²) in [7, 11) is -0.698. The van der Waals surface area contributed by atoms with Crippen LogP contribution in [-0.4, -0.2) is 15.7 Å². The highest BCUT2D eigenvalue weighted by molar-refractivity contribution is 8.13. The van der Waals surface area contributed by atoms with Gasteiger partial charge in [-0.2, -0.15) is 0 Å². The highest BCUT2D eigenvalue weighted by atomic mass is 35.5. The van der Waals surface area contributed by atoms with Crippen LogP contribution in [0.1, 0.15) is 10.1 Å². The van der Waals surface area contributed by atoms with Crippen molar-refractivity contribution in [2.45, 2.75) is 4.58 Å². The molecule has 0 aliphatic carbocycles. The maximum Gasteiger partial charge on any atom is 0.105 e. The Morgan fingerprint density at radius 1 is 1.38 bits per heavy atom. The largest absolute Gasteiger partial charge is 0.258 e. The Morgan fingerprint density at radius 3 is 2.62 bits per heavy atom. The maximum atomic E-state index is 11.5. The van der Waals surface area contributed by atoms with Crippen LogP contribution in [0.25, 0.3) is 0 Å². The minimum absolute atomic E-state index is 0.164. The predicted molar refractivity (Wildman–Crippen MR) is 59.7 cm³/mol. The summed E-state index contributed by atoms with van der Waals surface area (Å²) in [6.07, 6.45) is 0. The molecule has 0 saturated carbocycles. The average Bonchev–Trinajstić information content (AvgIpc) is 2.53. The van der Waals surface area contributed by atoms with Crippen molar-refractivity contribution >= 4 is 34.2 Å². The van der Waals surface area contributed by atoms with Gasteiger partial charge in [0.05, 0.1) is 0 Å². The van der Waals surface area contributed by atoms with Gasteiger partial charge in [0.15, 0.2) is 0 Å². The summed E-state index contributed by atoms with van der Waals surface area (Å²) >= 11 is 7.54. The Hall–Kier alpha value is 0.01000. The summed E-state index contributed by atoms with van der Waals surface area (Å²) in [6, 6.07) is 7.63. The quantitative estimate of drug-likeness (QED) is 0.741. The molecule has 0 aromatic heterocycles. The van der Waals surface area contributed by atoms with Gasteiger partial charge in [0, 0.05) is 27.3 Å². The van der Waals surface area contributed by atoms with Crippen molar-refractivity contribution in [1.82, 2.24) is 0 Å². The molecule has 1 fully saturated rings. The van der Waals surface area contributed by atoms with E-state index in [-0.39, 0.29) is 4.58 Å². The van der Waals surface area contributed by atoms with Gasteiger partial charge in [-0.15, -0.1) is 11.8 Å². The standard InChI is InChI=1S/C9H9ClOS2/c10-8-3-1-7(2-4-8)9-12-5-6-13(9)11/h1-4,9H,5-6H2/t9-,13?/m1/s1. The monoisotopic (exact) mass is 232 g/mol. The zero-order chi connectivity index (χ0) is 9.26. The molecule has 1 nitrogen and oxygen atoms in total. The van der Waals surface area contributed by atoms with Crippen LogP contribution >= 0.6 is 23.4 Å². The fourth-order valence-electron chi connectivity index (χ4n) is 1.29. The zero-order valence-corrected chi connectivity index (χ0v) is 9.29. The van der Waals surface area contributed by atoms with E-state index in [2.05, 4.69) is 0 Å². The topological polar surface area (TPSA) is 17.1 Å². The Morgan fingerprint density at radius 2 is 2.08 bits per heavy atom. The van der Waals surface area contributed by atoms with E-state index in [1.165, 1.54) is 0 Å². The number of rotatable bonds is 1. The molecule has 4 heteroatoms. The molecule has 2 atom stereocenters. The van der Waals surface area contributed by atoms with Gasteiger partial charge in [0.2, 0.25) is 0 Å². The third kappa shape index (κ3) is 2.09. The van der Waals surface area contributed by atoms with Crippen molar-refractivity contribution in [3.63, 3.8) is 0 Å². The summed E-state index contributed by atoms with van der Waals surface area (Å²) in [5, 5.41) is 0.734. The van der Waals surface area contributed by atoms with Crippen molar-refractivity contribution in [2.24, 2.45) is 0 Å². The molecule has 0 radical (unpaired) electrons. The third-order valence-corrected chi connectivity index (χ3v) is 5.87. The SMILES string of the molecule is O=S1CCS[C@H]1c1ccc(Cl)cc1. The van der Waals surface area contributed by atoms with Gasteiger partial charge in [-0.1, -0.05) is 23.7 Å². The summed E-state index contributed by atoms with van der Waals surface area (Å²) in [5.74, 6) is 1.82. The second-order valence-electron chi connectivity index (χ2n) is 2.84. The van der Waals surface area contributed by atoms with Gasteiger partial charge in [0.25, 0.3) is 0 Å². The van der Waals surface area contributed by atoms with E-state index < -0.39 is 10.8 Å². The Labute approximate surface area is 89.3 Å². The summed E-state index contributed by atoms with van der Waals surface area (Å²) in [4.78, 5) is 0. The summed E-state index contributed by atoms with van der Waals surface area (Å²) < 4.78 is 11.7. The van der Waals surface area contributed by atoms with E-state index in [9.17, 15) is 4.21 Å². The lowest BCUT2D eigenvalue weighted by Gasteiger charge is -2.07. The number of halogens is 1. The fraction of sp³-hybridized carbons (Fsp3) is 0.333. The molecule has 70 valence electrons. The number of benzene rings is 1. The molecule has 13 heavy (non-hydrogen) atoms. The van der Waals surface area contributed by atoms with E-state index in [0.717, 1.165) is 22.1 Å². The first-order valence-corrected chi connectivity index (χ1v) is 6.82. The Bertz CT molecular complexity index is 323. The van der Waals surface area contributed by atoms with Gasteiger partial charge in [-0.3, -0.25) is 4.21 Å². The first-order chi connectivity index (χ1) is 6.27. The Kier molecular flexibility index (Phi) is 2.96. The highest BCUT2D eigenvalue weighted by Gasteiger charge is 2.24. The van der Waals surface area contributed by atoms with Crippen LogP contribution in [0.2, 0.25) is 5.02 Å². The molecule has 1 aliphatic heterocycles. The fourth-order valence-corrected chi connectivity index (χ4v) is 4.88. The van der Waals surface area contributed by atoms with Crippen molar-refractivity contribution < 1.29 is 4.21 Å². The maximum absolute atomic E-state index is 11.5. The van der Waals surface area contributed by atoms with E-state index in [1.54, 1.807) is 11.8 Å². The molecule has 0 N–H and O–H groups in total. The molecular formula is C9H9ClOS2. The second kappa shape index (κ2) is 4.03. The molecule has 1 saturated heterocycles. The molecule has 0 bridgehead atoms. The van der Waals surface area contributed by atoms with Crippen LogP contribution in [0.5, 0.6) is 0 Å². The van der Waals surface area contributed by atoms with E-state index in [1.807, 2.05) is 24.3 Å². The second-order valence-corrected chi connectivity index (χ2v) is 6.43. The van der Waals surface area contributed by atoms with Crippen molar-refractivity contribution in [1.29, 1.82) is 0 Å². The van der Waals surface area contributed by atoms with Gasteiger partial charge in [-0.25, -0.2) is 0 Å². The Balaban J connectivity index is 2.25. The third-order valence-electron chi connectivity index (χ3n) is 1.93. The molecule has 1 unspecified atom stereocenters. The predicted octanol–water partition coefficient (Wildman–Crippen LogP) is 2.83. The van der Waals surface area contributed by atoms with Crippen LogP contribution in [-0.2, 0) is 10.8 Å². The molecule has 0 spiro atoms. The van der Waals surface area contributed by atoms with Gasteiger partial charge in [-0.05, 0) is 17.7 Å². The molecule has 2 rings (SSSR count). The van der Waals surface area contributed by atoms with Crippen LogP contribution < -0.4 is 0 Å². The van der Waals surface area contributed by atoms with E-state index >= 15 is 0 Å².